The van der Waals surface area contributed by atoms with Crippen LogP contribution in [0.5, 0.6) is 0 Å². The van der Waals surface area contributed by atoms with Crippen LogP contribution in [0, 0.1) is 23.1 Å². The number of carboxylic acid groups (broad SMARTS) is 1. The van der Waals surface area contributed by atoms with Gasteiger partial charge in [0.05, 0.1) is 102 Å². The highest BCUT2D eigenvalue weighted by atomic mass is 32.1. The Morgan fingerprint density at radius 2 is 1.31 bits per heavy atom. The van der Waals surface area contributed by atoms with Gasteiger partial charge in [0.2, 0.25) is 47.3 Å². The predicted molar refractivity (Wildman–Crippen MR) is 427 cm³/mol. The number of nitrogens with two attached hydrogens (primary N) is 1. The van der Waals surface area contributed by atoms with Crippen LogP contribution in [0.3, 0.4) is 0 Å². The molecular formula is C81H118FN13O17S. The maximum Gasteiger partial charge on any atom is 0.407 e. The molecule has 2 aliphatic rings. The molecular weight excluding hydrogens is 1480 g/mol. The van der Waals surface area contributed by atoms with Crippen molar-refractivity contribution in [2.24, 2.45) is 17.3 Å². The third kappa shape index (κ3) is 32.5. The molecule has 0 radical (unpaired) electrons. The number of para-hydroxylation sites is 1. The van der Waals surface area contributed by atoms with Crippen LogP contribution in [0.2, 0.25) is 0 Å². The molecule has 1 fully saturated rings. The van der Waals surface area contributed by atoms with E-state index in [1.54, 1.807) is 15.9 Å². The lowest BCUT2D eigenvalue weighted by Crippen LogP contribution is -2.59. The Kier molecular flexibility index (Phi) is 40.3. The molecule has 0 saturated carbocycles. The summed E-state index contributed by atoms with van der Waals surface area (Å²) in [6, 6.07) is 17.1. The Morgan fingerprint density at radius 3 is 1.96 bits per heavy atom. The molecule has 10 amide bonds. The lowest BCUT2D eigenvalue weighted by atomic mass is 9.84. The number of likely N-dealkylation sites (N-methyl/N-ethyl adjacent to an activating group) is 1. The molecule has 2 aliphatic heterocycles. The average Bonchev–Trinajstić information content (AvgIpc) is 1.70. The number of likely N-dealkylation sites (tertiary alicyclic amines) is 1. The highest BCUT2D eigenvalue weighted by Gasteiger charge is 2.40. The number of piperidine rings is 1. The number of aliphatic carboxylic acids is 1. The molecule has 4 aromatic rings. The molecule has 11 N–H and O–H groups in total. The van der Waals surface area contributed by atoms with Gasteiger partial charge in [-0.15, -0.1) is 11.3 Å². The number of ether oxygens (including phenoxy) is 5. The fourth-order valence-corrected chi connectivity index (χ4v) is 13.7. The smallest absolute Gasteiger partial charge is 0.407 e. The number of nitrogen functional groups attached to an aromatic ring is 1. The Morgan fingerprint density at radius 1 is 0.699 bits per heavy atom. The summed E-state index contributed by atoms with van der Waals surface area (Å²) in [6.45, 7) is 14.9. The number of benzene rings is 3. The molecule has 1 saturated heterocycles. The summed E-state index contributed by atoms with van der Waals surface area (Å²) in [6.07, 6.45) is 8.37. The first-order chi connectivity index (χ1) is 54.2. The third-order valence-electron chi connectivity index (χ3n) is 19.6. The number of amides is 10. The van der Waals surface area contributed by atoms with Crippen molar-refractivity contribution < 1.29 is 85.9 Å². The van der Waals surface area contributed by atoms with Crippen molar-refractivity contribution in [1.82, 2.24) is 57.3 Å². The van der Waals surface area contributed by atoms with E-state index in [2.05, 4.69) is 49.5 Å². The Hall–Kier alpha value is -9.47. The molecule has 6 rings (SSSR count). The highest BCUT2D eigenvalue weighted by Crippen LogP contribution is 2.34. The number of carbonyl (C=O) groups is 11. The number of thiazole rings is 1. The van der Waals surface area contributed by atoms with Crippen molar-refractivity contribution in [1.29, 1.82) is 0 Å². The number of hydrogen-bond acceptors (Lipinski definition) is 20. The monoisotopic (exact) mass is 1600 g/mol. The van der Waals surface area contributed by atoms with Gasteiger partial charge in [0.15, 0.2) is 6.10 Å². The number of aromatic nitrogens is 1. The number of rotatable bonds is 50. The number of carboxylic acids is 1. The maximum atomic E-state index is 15.3. The van der Waals surface area contributed by atoms with Crippen LogP contribution in [-0.4, -0.2) is 222 Å². The molecule has 113 heavy (non-hydrogen) atoms. The van der Waals surface area contributed by atoms with E-state index in [4.69, 9.17) is 34.4 Å². The van der Waals surface area contributed by atoms with E-state index in [1.165, 1.54) is 31.4 Å². The van der Waals surface area contributed by atoms with Gasteiger partial charge in [0.1, 0.15) is 22.6 Å². The summed E-state index contributed by atoms with van der Waals surface area (Å²) >= 11 is 1.02. The fraction of sp³-hybridized carbons (Fsp3) is 0.580. The molecule has 6 atom stereocenters. The minimum Gasteiger partial charge on any atom is -0.481 e. The SMILES string of the molecule is CCCCCCN(C(=O)[C@@H](NC(=O)[C@H]1CCCCN1C)[C@@H](C)CC)[C@H](C[C@@H](OC(=O)NCCNC(=O)CNC(=O)CNC(=O)CNC(=O)CCOCCOCCOCCOCCNC(=O)CCC(=O)N1Cc2ccccc2/C=C\c2ccccc21)c1nc(C(=O)N[C@@H](Cc2ccc(N)c(F)c2)CC(C)(C)C(=O)O)cs1)C(C)C. The first-order valence-electron chi connectivity index (χ1n) is 39.3. The molecule has 30 nitrogen and oxygen atoms in total. The first kappa shape index (κ1) is 92.4. The second-order valence-corrected chi connectivity index (χ2v) is 30.2. The number of hydrogen-bond donors (Lipinski definition) is 10. The molecule has 622 valence electrons. The molecule has 32 heteroatoms. The van der Waals surface area contributed by atoms with E-state index in [9.17, 15) is 57.4 Å². The number of alkyl carbamates (subject to hydrolysis) is 1. The lowest BCUT2D eigenvalue weighted by molar-refractivity contribution is -0.147. The average molecular weight is 1600 g/mol. The van der Waals surface area contributed by atoms with Gasteiger partial charge in [-0.2, -0.15) is 0 Å². The summed E-state index contributed by atoms with van der Waals surface area (Å²) in [5, 5.41) is 33.0. The number of nitrogens with one attached hydrogen (secondary N) is 8. The van der Waals surface area contributed by atoms with Gasteiger partial charge in [-0.05, 0) is 112 Å². The largest absolute Gasteiger partial charge is 0.481 e. The van der Waals surface area contributed by atoms with Crippen molar-refractivity contribution >= 4 is 100 Å². The zero-order chi connectivity index (χ0) is 82.2. The topological polar surface area (TPSA) is 399 Å². The molecule has 0 unspecified atom stereocenters. The normalized spacial score (nSPS) is 15.1. The van der Waals surface area contributed by atoms with E-state index >= 15 is 4.79 Å². The first-order valence-corrected chi connectivity index (χ1v) is 40.1. The van der Waals surface area contributed by atoms with Gasteiger partial charge >= 0.3 is 12.1 Å². The van der Waals surface area contributed by atoms with Crippen molar-refractivity contribution in [3.63, 3.8) is 0 Å². The summed E-state index contributed by atoms with van der Waals surface area (Å²) in [5.74, 6) is -6.35. The number of fused-ring (bicyclic) bond motifs is 2. The fourth-order valence-electron chi connectivity index (χ4n) is 12.9. The van der Waals surface area contributed by atoms with Gasteiger partial charge in [-0.1, -0.05) is 127 Å². The van der Waals surface area contributed by atoms with Crippen LogP contribution in [0.1, 0.15) is 176 Å². The van der Waals surface area contributed by atoms with E-state index in [-0.39, 0.29) is 143 Å². The summed E-state index contributed by atoms with van der Waals surface area (Å²) in [5.41, 5.74) is 8.49. The second kappa shape index (κ2) is 49.2. The van der Waals surface area contributed by atoms with Crippen LogP contribution < -0.4 is 53.2 Å². The maximum absolute atomic E-state index is 15.3. The van der Waals surface area contributed by atoms with Gasteiger partial charge in [0.25, 0.3) is 5.91 Å². The minimum atomic E-state index is -1.32. The summed E-state index contributed by atoms with van der Waals surface area (Å²) in [7, 11) is 1.91. The van der Waals surface area contributed by atoms with Crippen LogP contribution in [-0.2, 0) is 79.8 Å². The number of unbranched alkanes of at least 4 members (excludes halogenated alkanes) is 3. The Balaban J connectivity index is 0.886. The molecule has 0 bridgehead atoms. The lowest BCUT2D eigenvalue weighted by Gasteiger charge is -2.40. The number of nitrogens with zero attached hydrogens (tertiary/aromatic N) is 4. The van der Waals surface area contributed by atoms with E-state index in [0.717, 1.165) is 72.4 Å². The third-order valence-corrected chi connectivity index (χ3v) is 20.6. The van der Waals surface area contributed by atoms with Gasteiger partial charge in [-0.25, -0.2) is 14.2 Å². The van der Waals surface area contributed by atoms with Crippen LogP contribution in [0.25, 0.3) is 12.2 Å². The number of anilines is 2. The molecule has 0 aliphatic carbocycles. The second-order valence-electron chi connectivity index (χ2n) is 29.3. The van der Waals surface area contributed by atoms with Crippen LogP contribution in [0.15, 0.2) is 72.1 Å². The standard InChI is InChI=1S/C81H118FN13O17S/c1-9-11-12-18-36-94(78(104)74(55(5)10-2)92-76(103)65-24-17-19-35-93(65)8)66(54(3)4)47-67(77-91-63(53-113-77)75(102)90-60(48-81(6,7)79(105)106)45-56-25-28-62(83)61(82)46-56)112-80(107)86-33-32-84-70(98)49-88-72(100)51-89-71(99)50-87-69(97)31-37-108-39-41-110-43-44-111-42-40-109-38-34-85-68(96)29-30-73(101)95-52-59-22-14-13-20-57(59)26-27-58-21-15-16-23-64(58)95/h13-16,20-23,25-28,46,53-55,60,65-67,74H,9-12,17-19,24,29-45,47-52,83H2,1-8H3,(H,84,98)(H,85,96)(H,86,107)(H,87,97)(H,88,100)(H,89,99)(H,90,102)(H,92,103)(H,105,106)/b27-26-/t55-,60-,65+,66+,67+,74-/m0/s1. The summed E-state index contributed by atoms with van der Waals surface area (Å²) < 4.78 is 42.9. The molecule has 1 aromatic heterocycles. The van der Waals surface area contributed by atoms with Gasteiger partial charge < -0.3 is 86.9 Å². The van der Waals surface area contributed by atoms with E-state index in [1.807, 2.05) is 100 Å². The van der Waals surface area contributed by atoms with E-state index < -0.39 is 103 Å². The number of carbonyl (C=O) groups excluding carboxylic acids is 10. The van der Waals surface area contributed by atoms with Crippen molar-refractivity contribution in [2.75, 3.05) is 123 Å². The minimum absolute atomic E-state index is 0.00295. The highest BCUT2D eigenvalue weighted by molar-refractivity contribution is 7.09. The quantitative estimate of drug-likeness (QED) is 0.0160. The molecule has 0 spiro atoms. The zero-order valence-corrected chi connectivity index (χ0v) is 67.5. The van der Waals surface area contributed by atoms with Gasteiger partial charge in [-0.3, -0.25) is 52.8 Å². The Bertz CT molecular complexity index is 3790. The van der Waals surface area contributed by atoms with Crippen molar-refractivity contribution in [3.8, 4) is 0 Å². The van der Waals surface area contributed by atoms with Crippen molar-refractivity contribution in [3.05, 3.63) is 111 Å². The predicted octanol–water partition coefficient (Wildman–Crippen LogP) is 6.85. The van der Waals surface area contributed by atoms with Gasteiger partial charge in [0, 0.05) is 69.3 Å². The zero-order valence-electron chi connectivity index (χ0n) is 66.7. The summed E-state index contributed by atoms with van der Waals surface area (Å²) in [4.78, 5) is 156. The Labute approximate surface area is 666 Å². The van der Waals surface area contributed by atoms with Crippen LogP contribution in [0.4, 0.5) is 20.6 Å². The van der Waals surface area contributed by atoms with E-state index in [0.29, 0.717) is 57.7 Å². The molecule has 3 heterocycles. The number of halogens is 1. The molecule has 3 aromatic carbocycles. The van der Waals surface area contributed by atoms with Crippen molar-refractivity contribution in [2.45, 2.75) is 175 Å². The van der Waals surface area contributed by atoms with Crippen LogP contribution >= 0.6 is 11.3 Å².